The first-order valence-electron chi connectivity index (χ1n) is 9.12. The molecule has 2 atom stereocenters. The summed E-state index contributed by atoms with van der Waals surface area (Å²) in [6, 6.07) is 9.76. The maximum absolute atomic E-state index is 13.6. The monoisotopic (exact) mass is 399 g/mol. The minimum absolute atomic E-state index is 0.166. The van der Waals surface area contributed by atoms with Crippen LogP contribution in [0.1, 0.15) is 23.6 Å². The molecule has 2 heterocycles. The predicted molar refractivity (Wildman–Crippen MR) is 102 cm³/mol. The van der Waals surface area contributed by atoms with Gasteiger partial charge in [-0.2, -0.15) is 5.10 Å². The van der Waals surface area contributed by atoms with Crippen LogP contribution in [0.4, 0.5) is 14.5 Å². The average molecular weight is 399 g/mol. The lowest BCUT2D eigenvalue weighted by Gasteiger charge is -2.29. The Morgan fingerprint density at radius 3 is 2.72 bits per heavy atom. The standard InChI is InChI=1S/C20H19F2N5O2/c1-12-2-7-15(8-16(12)22)24-19(28)10-26-20(29)18-9-17(25-27(18)11-23-26)13-3-5-14(21)6-4-13/h2-8,11,17-18,25H,9-10H2,1H3,(H,24,28). The molecule has 2 aromatic rings. The number of rotatable bonds is 4. The summed E-state index contributed by atoms with van der Waals surface area (Å²) in [5.74, 6) is -1.55. The van der Waals surface area contributed by atoms with E-state index in [0.29, 0.717) is 17.7 Å². The Morgan fingerprint density at radius 1 is 1.24 bits per heavy atom. The highest BCUT2D eigenvalue weighted by molar-refractivity contribution is 5.96. The number of carbonyl (C=O) groups is 2. The summed E-state index contributed by atoms with van der Waals surface area (Å²) in [6.07, 6.45) is 1.91. The van der Waals surface area contributed by atoms with Gasteiger partial charge in [-0.05, 0) is 48.7 Å². The van der Waals surface area contributed by atoms with Crippen molar-refractivity contribution in [3.8, 4) is 0 Å². The van der Waals surface area contributed by atoms with E-state index in [2.05, 4.69) is 15.8 Å². The van der Waals surface area contributed by atoms with E-state index >= 15 is 0 Å². The van der Waals surface area contributed by atoms with E-state index in [4.69, 9.17) is 0 Å². The van der Waals surface area contributed by atoms with Crippen molar-refractivity contribution < 1.29 is 18.4 Å². The molecule has 2 unspecified atom stereocenters. The number of benzene rings is 2. The molecule has 0 spiro atoms. The fraction of sp³-hybridized carbons (Fsp3) is 0.250. The number of amides is 2. The molecule has 1 saturated heterocycles. The van der Waals surface area contributed by atoms with Gasteiger partial charge in [0.15, 0.2) is 0 Å². The number of nitrogens with one attached hydrogen (secondary N) is 2. The fourth-order valence-corrected chi connectivity index (χ4v) is 3.37. The van der Waals surface area contributed by atoms with Gasteiger partial charge in [-0.15, -0.1) is 0 Å². The van der Waals surface area contributed by atoms with Crippen molar-refractivity contribution in [2.75, 3.05) is 11.9 Å². The molecule has 0 radical (unpaired) electrons. The smallest absolute Gasteiger partial charge is 0.267 e. The molecule has 7 nitrogen and oxygen atoms in total. The fourth-order valence-electron chi connectivity index (χ4n) is 3.37. The van der Waals surface area contributed by atoms with Crippen LogP contribution in [-0.4, -0.2) is 40.8 Å². The van der Waals surface area contributed by atoms with Gasteiger partial charge in [0.2, 0.25) is 5.91 Å². The van der Waals surface area contributed by atoms with Gasteiger partial charge in [0.05, 0.1) is 6.04 Å². The van der Waals surface area contributed by atoms with Crippen molar-refractivity contribution >= 4 is 23.8 Å². The zero-order valence-corrected chi connectivity index (χ0v) is 15.6. The highest BCUT2D eigenvalue weighted by atomic mass is 19.1. The van der Waals surface area contributed by atoms with Gasteiger partial charge < -0.3 is 5.32 Å². The molecule has 2 aliphatic rings. The quantitative estimate of drug-likeness (QED) is 0.827. The van der Waals surface area contributed by atoms with Crippen LogP contribution in [0, 0.1) is 18.6 Å². The minimum atomic E-state index is -0.521. The molecule has 0 aromatic heterocycles. The third kappa shape index (κ3) is 3.95. The molecule has 0 saturated carbocycles. The van der Waals surface area contributed by atoms with Gasteiger partial charge in [-0.3, -0.25) is 14.6 Å². The first-order chi connectivity index (χ1) is 13.9. The largest absolute Gasteiger partial charge is 0.324 e. The molecule has 9 heteroatoms. The van der Waals surface area contributed by atoms with Crippen molar-refractivity contribution in [3.05, 3.63) is 65.2 Å². The van der Waals surface area contributed by atoms with Crippen molar-refractivity contribution in [1.82, 2.24) is 15.4 Å². The number of hydrazine groups is 1. The summed E-state index contributed by atoms with van der Waals surface area (Å²) in [5.41, 5.74) is 4.80. The number of carbonyl (C=O) groups excluding carboxylic acids is 2. The lowest BCUT2D eigenvalue weighted by molar-refractivity contribution is -0.139. The molecule has 2 amide bonds. The van der Waals surface area contributed by atoms with Crippen LogP contribution < -0.4 is 10.7 Å². The van der Waals surface area contributed by atoms with E-state index in [9.17, 15) is 18.4 Å². The van der Waals surface area contributed by atoms with Gasteiger partial charge in [-0.1, -0.05) is 18.2 Å². The van der Waals surface area contributed by atoms with Gasteiger partial charge in [0, 0.05) is 5.69 Å². The second-order valence-corrected chi connectivity index (χ2v) is 7.03. The third-order valence-electron chi connectivity index (χ3n) is 4.98. The topological polar surface area (TPSA) is 77.0 Å². The second-order valence-electron chi connectivity index (χ2n) is 7.03. The maximum atomic E-state index is 13.6. The summed E-state index contributed by atoms with van der Waals surface area (Å²) in [7, 11) is 0. The van der Waals surface area contributed by atoms with Gasteiger partial charge in [0.25, 0.3) is 5.91 Å². The number of halogens is 2. The van der Waals surface area contributed by atoms with E-state index in [-0.39, 0.29) is 24.3 Å². The van der Waals surface area contributed by atoms with Gasteiger partial charge >= 0.3 is 0 Å². The number of nitrogens with zero attached hydrogens (tertiary/aromatic N) is 3. The molecule has 2 N–H and O–H groups in total. The normalized spacial score (nSPS) is 20.7. The van der Waals surface area contributed by atoms with Crippen LogP contribution in [-0.2, 0) is 9.59 Å². The molecule has 2 aromatic carbocycles. The molecule has 1 fully saturated rings. The first kappa shape index (κ1) is 19.0. The Balaban J connectivity index is 1.39. The van der Waals surface area contributed by atoms with Crippen LogP contribution in [0.3, 0.4) is 0 Å². The average Bonchev–Trinajstić information content (AvgIpc) is 3.13. The van der Waals surface area contributed by atoms with Crippen LogP contribution in [0.2, 0.25) is 0 Å². The lowest BCUT2D eigenvalue weighted by Crippen LogP contribution is -2.52. The molecular weight excluding hydrogens is 380 g/mol. The Morgan fingerprint density at radius 2 is 2.00 bits per heavy atom. The van der Waals surface area contributed by atoms with E-state index < -0.39 is 17.8 Å². The molecule has 150 valence electrons. The summed E-state index contributed by atoms with van der Waals surface area (Å²) in [4.78, 5) is 25.0. The van der Waals surface area contributed by atoms with Gasteiger partial charge in [-0.25, -0.2) is 19.2 Å². The Bertz CT molecular complexity index is 979. The molecular formula is C20H19F2N5O2. The summed E-state index contributed by atoms with van der Waals surface area (Å²) < 4.78 is 26.8. The second kappa shape index (κ2) is 7.59. The Kier molecular flexibility index (Phi) is 4.98. The highest BCUT2D eigenvalue weighted by Crippen LogP contribution is 2.29. The first-order valence-corrected chi connectivity index (χ1v) is 9.12. The maximum Gasteiger partial charge on any atom is 0.267 e. The summed E-state index contributed by atoms with van der Waals surface area (Å²) in [6.45, 7) is 1.35. The van der Waals surface area contributed by atoms with Crippen molar-refractivity contribution in [2.24, 2.45) is 5.10 Å². The van der Waals surface area contributed by atoms with Crippen LogP contribution >= 0.6 is 0 Å². The third-order valence-corrected chi connectivity index (χ3v) is 4.98. The number of hydrogen-bond donors (Lipinski definition) is 2. The Labute approximate surface area is 166 Å². The van der Waals surface area contributed by atoms with Crippen molar-refractivity contribution in [2.45, 2.75) is 25.4 Å². The number of aryl methyl sites for hydroxylation is 1. The summed E-state index contributed by atoms with van der Waals surface area (Å²) in [5, 5.41) is 9.29. The van der Waals surface area contributed by atoms with Crippen LogP contribution in [0.15, 0.2) is 47.6 Å². The highest BCUT2D eigenvalue weighted by Gasteiger charge is 2.41. The molecule has 2 aliphatic heterocycles. The van der Waals surface area contributed by atoms with E-state index in [1.54, 1.807) is 36.2 Å². The number of hydrazone groups is 1. The van der Waals surface area contributed by atoms with E-state index in [1.165, 1.54) is 24.5 Å². The molecule has 4 rings (SSSR count). The van der Waals surface area contributed by atoms with Gasteiger partial charge in [0.1, 0.15) is 30.6 Å². The number of anilines is 1. The predicted octanol–water partition coefficient (Wildman–Crippen LogP) is 2.32. The SMILES string of the molecule is Cc1ccc(NC(=O)CN2N=CN3NC(c4ccc(F)cc4)CC3C2=O)cc1F. The zero-order valence-electron chi connectivity index (χ0n) is 15.6. The lowest BCUT2D eigenvalue weighted by atomic mass is 10.0. The summed E-state index contributed by atoms with van der Waals surface area (Å²) >= 11 is 0. The van der Waals surface area contributed by atoms with Crippen molar-refractivity contribution in [1.29, 1.82) is 0 Å². The van der Waals surface area contributed by atoms with Crippen LogP contribution in [0.25, 0.3) is 0 Å². The number of fused-ring (bicyclic) bond motifs is 1. The molecule has 0 bridgehead atoms. The minimum Gasteiger partial charge on any atom is -0.324 e. The number of hydrogen-bond acceptors (Lipinski definition) is 5. The Hall–Kier alpha value is -3.33. The zero-order chi connectivity index (χ0) is 20.5. The molecule has 0 aliphatic carbocycles. The molecule has 29 heavy (non-hydrogen) atoms. The van der Waals surface area contributed by atoms with E-state index in [0.717, 1.165) is 10.6 Å². The van der Waals surface area contributed by atoms with E-state index in [1.807, 2.05) is 0 Å². The van der Waals surface area contributed by atoms with Crippen LogP contribution in [0.5, 0.6) is 0 Å². The van der Waals surface area contributed by atoms with Crippen molar-refractivity contribution in [3.63, 3.8) is 0 Å².